The van der Waals surface area contributed by atoms with Crippen molar-refractivity contribution in [3.8, 4) is 5.69 Å². The first kappa shape index (κ1) is 26.9. The second-order valence-corrected chi connectivity index (χ2v) is 9.46. The molecule has 0 atom stereocenters. The van der Waals surface area contributed by atoms with Crippen molar-refractivity contribution in [1.29, 1.82) is 0 Å². The summed E-state index contributed by atoms with van der Waals surface area (Å²) in [6.45, 7) is 6.16. The maximum atomic E-state index is 13.5. The monoisotopic (exact) mass is 534 g/mol. The summed E-state index contributed by atoms with van der Waals surface area (Å²) in [5.74, 6) is -0.984. The molecule has 9 nitrogen and oxygen atoms in total. The zero-order valence-corrected chi connectivity index (χ0v) is 22.1. The number of carbonyl (C=O) groups is 2. The molecule has 0 saturated carbocycles. The zero-order valence-electron chi connectivity index (χ0n) is 21.3. The summed E-state index contributed by atoms with van der Waals surface area (Å²) in [5, 5.41) is 11.6. The second kappa shape index (κ2) is 12.4. The third-order valence-electron chi connectivity index (χ3n) is 5.46. The smallest absolute Gasteiger partial charge is 0.338 e. The van der Waals surface area contributed by atoms with E-state index in [4.69, 9.17) is 4.74 Å². The van der Waals surface area contributed by atoms with Crippen LogP contribution in [0.4, 0.5) is 10.1 Å². The van der Waals surface area contributed by atoms with E-state index in [9.17, 15) is 14.0 Å². The Hall–Kier alpha value is -4.12. The summed E-state index contributed by atoms with van der Waals surface area (Å²) < 4.78 is 20.2. The van der Waals surface area contributed by atoms with Crippen LogP contribution in [0.5, 0.6) is 0 Å². The van der Waals surface area contributed by atoms with Crippen LogP contribution in [-0.2, 0) is 10.5 Å². The Morgan fingerprint density at radius 1 is 1.03 bits per heavy atom. The number of esters is 1. The molecule has 2 aromatic carbocycles. The predicted octanol–water partition coefficient (Wildman–Crippen LogP) is 5.31. The molecule has 0 saturated heterocycles. The van der Waals surface area contributed by atoms with Gasteiger partial charge in [-0.15, -0.1) is 5.10 Å². The number of nitrogens with zero attached hydrogens (tertiary/aromatic N) is 5. The van der Waals surface area contributed by atoms with Crippen molar-refractivity contribution in [2.24, 2.45) is 0 Å². The zero-order chi connectivity index (χ0) is 27.1. The molecule has 0 unspecified atom stereocenters. The first-order valence-corrected chi connectivity index (χ1v) is 13.1. The van der Waals surface area contributed by atoms with Crippen LogP contribution >= 0.6 is 11.8 Å². The Bertz CT molecular complexity index is 1400. The van der Waals surface area contributed by atoms with Crippen LogP contribution in [0.2, 0.25) is 0 Å². The van der Waals surface area contributed by atoms with E-state index in [2.05, 4.69) is 25.6 Å². The van der Waals surface area contributed by atoms with Crippen LogP contribution < -0.4 is 5.32 Å². The molecule has 2 heterocycles. The average Bonchev–Trinajstić information content (AvgIpc) is 3.32. The number of carbonyl (C=O) groups excluding carboxylic acids is 2. The van der Waals surface area contributed by atoms with Gasteiger partial charge in [-0.2, -0.15) is 0 Å². The van der Waals surface area contributed by atoms with E-state index in [0.717, 1.165) is 24.2 Å². The van der Waals surface area contributed by atoms with E-state index in [-0.39, 0.29) is 11.5 Å². The van der Waals surface area contributed by atoms with Gasteiger partial charge < -0.3 is 10.1 Å². The van der Waals surface area contributed by atoms with E-state index in [1.807, 2.05) is 26.8 Å². The topological polar surface area (TPSA) is 112 Å². The van der Waals surface area contributed by atoms with Crippen LogP contribution in [0.15, 0.2) is 59.8 Å². The van der Waals surface area contributed by atoms with Crippen molar-refractivity contribution in [2.45, 2.75) is 44.5 Å². The SMILES string of the molecule is CCCCOC(=O)c1ccc(NC(=O)c2nnn(-c3ccc(F)cc3)c2CSc2nc(C)cc(C)n2)cc1. The van der Waals surface area contributed by atoms with Gasteiger partial charge in [-0.05, 0) is 74.9 Å². The Morgan fingerprint density at radius 2 is 1.71 bits per heavy atom. The van der Waals surface area contributed by atoms with Gasteiger partial charge in [0.2, 0.25) is 0 Å². The molecule has 2 aromatic heterocycles. The first-order chi connectivity index (χ1) is 18.3. The highest BCUT2D eigenvalue weighted by molar-refractivity contribution is 7.98. The molecular formula is C27H27FN6O3S. The van der Waals surface area contributed by atoms with Crippen LogP contribution in [0, 0.1) is 19.7 Å². The highest BCUT2D eigenvalue weighted by Gasteiger charge is 2.22. The van der Waals surface area contributed by atoms with Crippen LogP contribution in [0.25, 0.3) is 5.69 Å². The van der Waals surface area contributed by atoms with Gasteiger partial charge >= 0.3 is 5.97 Å². The number of thioether (sulfide) groups is 1. The van der Waals surface area contributed by atoms with Crippen molar-refractivity contribution in [2.75, 3.05) is 11.9 Å². The second-order valence-electron chi connectivity index (χ2n) is 8.52. The largest absolute Gasteiger partial charge is 0.462 e. The van der Waals surface area contributed by atoms with Gasteiger partial charge in [0, 0.05) is 22.8 Å². The number of nitrogens with one attached hydrogen (secondary N) is 1. The lowest BCUT2D eigenvalue weighted by Gasteiger charge is -2.09. The standard InChI is InChI=1S/C27H27FN6O3S/c1-4-5-14-37-26(36)19-6-10-21(11-7-19)31-25(35)24-23(16-38-27-29-17(2)15-18(3)30-27)34(33-32-24)22-12-8-20(28)9-13-22/h6-13,15H,4-5,14,16H2,1-3H3,(H,31,35). The van der Waals surface area contributed by atoms with Gasteiger partial charge in [-0.1, -0.05) is 30.3 Å². The van der Waals surface area contributed by atoms with Gasteiger partial charge in [0.25, 0.3) is 5.91 Å². The number of hydrogen-bond donors (Lipinski definition) is 1. The summed E-state index contributed by atoms with van der Waals surface area (Å²) >= 11 is 1.34. The summed E-state index contributed by atoms with van der Waals surface area (Å²) in [6.07, 6.45) is 1.73. The number of unbranched alkanes of at least 4 members (excludes halogenated alkanes) is 1. The minimum atomic E-state index is -0.478. The van der Waals surface area contributed by atoms with Crippen molar-refractivity contribution in [1.82, 2.24) is 25.0 Å². The summed E-state index contributed by atoms with van der Waals surface area (Å²) in [5.41, 5.74) is 3.70. The number of anilines is 1. The first-order valence-electron chi connectivity index (χ1n) is 12.1. The Labute approximate surface area is 223 Å². The predicted molar refractivity (Wildman–Crippen MR) is 142 cm³/mol. The molecule has 0 aliphatic heterocycles. The lowest BCUT2D eigenvalue weighted by Crippen LogP contribution is -2.15. The van der Waals surface area contributed by atoms with E-state index < -0.39 is 11.9 Å². The molecular weight excluding hydrogens is 507 g/mol. The molecule has 4 aromatic rings. The summed E-state index contributed by atoms with van der Waals surface area (Å²) in [4.78, 5) is 34.3. The molecule has 196 valence electrons. The van der Waals surface area contributed by atoms with Crippen LogP contribution in [0.3, 0.4) is 0 Å². The molecule has 0 radical (unpaired) electrons. The molecule has 1 N–H and O–H groups in total. The third-order valence-corrected chi connectivity index (χ3v) is 6.32. The number of rotatable bonds is 10. The van der Waals surface area contributed by atoms with Gasteiger partial charge in [0.1, 0.15) is 5.82 Å². The van der Waals surface area contributed by atoms with Crippen molar-refractivity contribution < 1.29 is 18.7 Å². The lowest BCUT2D eigenvalue weighted by atomic mass is 10.2. The van der Waals surface area contributed by atoms with Crippen LogP contribution in [0.1, 0.15) is 57.7 Å². The maximum Gasteiger partial charge on any atom is 0.338 e. The fraction of sp³-hybridized carbons (Fsp3) is 0.259. The van der Waals surface area contributed by atoms with Crippen LogP contribution in [-0.4, -0.2) is 43.4 Å². The average molecular weight is 535 g/mol. The van der Waals surface area contributed by atoms with Gasteiger partial charge in [-0.3, -0.25) is 4.79 Å². The molecule has 4 rings (SSSR count). The maximum absolute atomic E-state index is 13.5. The van der Waals surface area contributed by atoms with E-state index in [1.165, 1.54) is 28.6 Å². The fourth-order valence-electron chi connectivity index (χ4n) is 3.56. The number of amides is 1. The van der Waals surface area contributed by atoms with E-state index in [0.29, 0.717) is 40.1 Å². The fourth-order valence-corrected chi connectivity index (χ4v) is 4.50. The minimum absolute atomic E-state index is 0.106. The lowest BCUT2D eigenvalue weighted by molar-refractivity contribution is 0.0499. The molecule has 1 amide bonds. The van der Waals surface area contributed by atoms with Crippen molar-refractivity contribution in [3.05, 3.63) is 88.8 Å². The molecule has 0 bridgehead atoms. The van der Waals surface area contributed by atoms with Gasteiger partial charge in [0.05, 0.1) is 23.6 Å². The number of halogens is 1. The quantitative estimate of drug-likeness (QED) is 0.126. The molecule has 0 fully saturated rings. The Morgan fingerprint density at radius 3 is 2.37 bits per heavy atom. The number of benzene rings is 2. The number of hydrogen-bond acceptors (Lipinski definition) is 8. The van der Waals surface area contributed by atoms with E-state index in [1.54, 1.807) is 36.4 Å². The number of aromatic nitrogens is 5. The summed E-state index contributed by atoms with van der Waals surface area (Å²) in [7, 11) is 0. The molecule has 11 heteroatoms. The third kappa shape index (κ3) is 6.80. The summed E-state index contributed by atoms with van der Waals surface area (Å²) in [6, 6.07) is 14.1. The van der Waals surface area contributed by atoms with Gasteiger partial charge in [0.15, 0.2) is 10.9 Å². The minimum Gasteiger partial charge on any atom is -0.462 e. The molecule has 0 aliphatic carbocycles. The number of aryl methyl sites for hydroxylation is 2. The number of ether oxygens (including phenoxy) is 1. The highest BCUT2D eigenvalue weighted by Crippen LogP contribution is 2.24. The molecule has 38 heavy (non-hydrogen) atoms. The van der Waals surface area contributed by atoms with E-state index >= 15 is 0 Å². The Kier molecular flexibility index (Phi) is 8.80. The van der Waals surface area contributed by atoms with Crippen molar-refractivity contribution in [3.63, 3.8) is 0 Å². The molecule has 0 aliphatic rings. The highest BCUT2D eigenvalue weighted by atomic mass is 32.2. The normalized spacial score (nSPS) is 10.8. The van der Waals surface area contributed by atoms with Crippen molar-refractivity contribution >= 4 is 29.3 Å². The molecule has 0 spiro atoms. The Balaban J connectivity index is 1.55. The van der Waals surface area contributed by atoms with Gasteiger partial charge in [-0.25, -0.2) is 23.8 Å².